The number of ether oxygens (including phenoxy) is 2. The van der Waals surface area contributed by atoms with Crippen LogP contribution in [0.3, 0.4) is 0 Å². The van der Waals surface area contributed by atoms with Gasteiger partial charge in [-0.05, 0) is 63.6 Å². The summed E-state index contributed by atoms with van der Waals surface area (Å²) in [6.45, 7) is 8.14. The molecule has 32 heavy (non-hydrogen) atoms. The minimum atomic E-state index is 0.00555. The second-order valence-corrected chi connectivity index (χ2v) is 9.45. The van der Waals surface area contributed by atoms with Gasteiger partial charge in [-0.25, -0.2) is 0 Å². The van der Waals surface area contributed by atoms with Gasteiger partial charge in [0.25, 0.3) is 5.91 Å². The molecule has 2 aliphatic heterocycles. The monoisotopic (exact) mass is 438 g/mol. The molecule has 1 saturated heterocycles. The van der Waals surface area contributed by atoms with Gasteiger partial charge in [0.2, 0.25) is 0 Å². The maximum absolute atomic E-state index is 13.8. The molecule has 3 aliphatic rings. The van der Waals surface area contributed by atoms with E-state index in [1.807, 2.05) is 29.2 Å². The lowest BCUT2D eigenvalue weighted by Crippen LogP contribution is -2.47. The summed E-state index contributed by atoms with van der Waals surface area (Å²) in [4.78, 5) is 18.4. The Morgan fingerprint density at radius 2 is 1.94 bits per heavy atom. The van der Waals surface area contributed by atoms with Crippen LogP contribution in [-0.2, 0) is 0 Å². The Balaban J connectivity index is 1.50. The van der Waals surface area contributed by atoms with Crippen LogP contribution >= 0.6 is 0 Å². The molecule has 1 amide bonds. The molecular formula is C27H38N2O3. The molecule has 1 aliphatic carbocycles. The fourth-order valence-corrected chi connectivity index (χ4v) is 5.58. The lowest BCUT2D eigenvalue weighted by molar-refractivity contribution is 0.0593. The molecule has 0 radical (unpaired) electrons. The summed E-state index contributed by atoms with van der Waals surface area (Å²) in [6, 6.07) is 6.55. The molecule has 0 spiro atoms. The average Bonchev–Trinajstić information content (AvgIpc) is 3.35. The molecule has 4 rings (SSSR count). The van der Waals surface area contributed by atoms with Crippen molar-refractivity contribution in [2.24, 2.45) is 0 Å². The van der Waals surface area contributed by atoms with Crippen LogP contribution in [0.25, 0.3) is 0 Å². The van der Waals surface area contributed by atoms with Crippen molar-refractivity contribution in [1.82, 2.24) is 9.80 Å². The quantitative estimate of drug-likeness (QED) is 0.548. The second-order valence-electron chi connectivity index (χ2n) is 9.45. The Morgan fingerprint density at radius 3 is 2.62 bits per heavy atom. The molecule has 2 heterocycles. The number of carbonyl (C=O) groups is 1. The number of benzene rings is 1. The Labute approximate surface area is 193 Å². The third-order valence-corrected chi connectivity index (χ3v) is 7.36. The van der Waals surface area contributed by atoms with Gasteiger partial charge in [0, 0.05) is 31.2 Å². The van der Waals surface area contributed by atoms with Crippen LogP contribution in [0.2, 0.25) is 0 Å². The topological polar surface area (TPSA) is 42.0 Å². The zero-order valence-corrected chi connectivity index (χ0v) is 19.7. The van der Waals surface area contributed by atoms with E-state index >= 15 is 0 Å². The van der Waals surface area contributed by atoms with Crippen LogP contribution in [0, 0.1) is 0 Å². The Bertz CT molecular complexity index is 822. The number of rotatable bonds is 7. The highest BCUT2D eigenvalue weighted by Gasteiger charge is 2.32. The highest BCUT2D eigenvalue weighted by Crippen LogP contribution is 2.32. The van der Waals surface area contributed by atoms with Crippen LogP contribution in [0.1, 0.15) is 68.6 Å². The van der Waals surface area contributed by atoms with Crippen molar-refractivity contribution in [2.45, 2.75) is 82.5 Å². The van der Waals surface area contributed by atoms with E-state index in [-0.39, 0.29) is 24.1 Å². The summed E-state index contributed by atoms with van der Waals surface area (Å²) < 4.78 is 11.9. The molecule has 5 nitrogen and oxygen atoms in total. The van der Waals surface area contributed by atoms with Gasteiger partial charge in [-0.3, -0.25) is 4.79 Å². The number of hydrogen-bond acceptors (Lipinski definition) is 4. The Morgan fingerprint density at radius 1 is 1.19 bits per heavy atom. The Hall–Kier alpha value is -2.27. The number of carbonyl (C=O) groups excluding carboxylic acids is 1. The summed E-state index contributed by atoms with van der Waals surface area (Å²) in [5.74, 6) is 1.36. The first-order valence-corrected chi connectivity index (χ1v) is 12.3. The molecule has 1 saturated carbocycles. The van der Waals surface area contributed by atoms with Crippen molar-refractivity contribution in [3.8, 4) is 11.5 Å². The van der Waals surface area contributed by atoms with Crippen LogP contribution in [0.5, 0.6) is 11.5 Å². The van der Waals surface area contributed by atoms with E-state index in [0.29, 0.717) is 17.1 Å². The van der Waals surface area contributed by atoms with Gasteiger partial charge >= 0.3 is 0 Å². The van der Waals surface area contributed by atoms with Crippen molar-refractivity contribution in [3.63, 3.8) is 0 Å². The minimum Gasteiger partial charge on any atom is -0.497 e. The molecule has 0 unspecified atom stereocenters. The van der Waals surface area contributed by atoms with E-state index in [4.69, 9.17) is 9.47 Å². The molecule has 0 bridgehead atoms. The number of piperidine rings is 1. The van der Waals surface area contributed by atoms with Gasteiger partial charge in [0.05, 0.1) is 12.7 Å². The maximum atomic E-state index is 13.8. The van der Waals surface area contributed by atoms with Gasteiger partial charge in [-0.15, -0.1) is 6.58 Å². The highest BCUT2D eigenvalue weighted by molar-refractivity contribution is 5.98. The van der Waals surface area contributed by atoms with Crippen molar-refractivity contribution in [2.75, 3.05) is 20.2 Å². The lowest BCUT2D eigenvalue weighted by atomic mass is 9.98. The van der Waals surface area contributed by atoms with E-state index < -0.39 is 0 Å². The minimum absolute atomic E-state index is 0.00555. The van der Waals surface area contributed by atoms with E-state index in [0.717, 1.165) is 44.8 Å². The van der Waals surface area contributed by atoms with Crippen LogP contribution in [0.4, 0.5) is 0 Å². The molecule has 1 aromatic carbocycles. The summed E-state index contributed by atoms with van der Waals surface area (Å²) in [5.41, 5.74) is 0.596. The summed E-state index contributed by atoms with van der Waals surface area (Å²) in [5, 5.41) is 0. The van der Waals surface area contributed by atoms with Crippen molar-refractivity contribution in [3.05, 3.63) is 48.6 Å². The maximum Gasteiger partial charge on any atom is 0.258 e. The molecule has 5 heteroatoms. The van der Waals surface area contributed by atoms with E-state index in [2.05, 4.69) is 30.6 Å². The van der Waals surface area contributed by atoms with Gasteiger partial charge in [-0.2, -0.15) is 0 Å². The zero-order chi connectivity index (χ0) is 22.5. The first-order chi connectivity index (χ1) is 15.6. The normalized spacial score (nSPS) is 25.1. The largest absolute Gasteiger partial charge is 0.497 e. The molecular weight excluding hydrogens is 400 g/mol. The zero-order valence-electron chi connectivity index (χ0n) is 19.7. The standard InChI is InChI=1S/C27H38N2O3/c1-4-8-22-12-7-9-20(2)29(22)27(30)25-19-24(31-3)13-14-26(25)32-23-15-17-28(18-16-23)21-10-5-6-11-21/h4,7,9,13-14,19-23H,1,5-6,8,10-12,15-18H2,2-3H3/t20-,22-/m1/s1. The predicted octanol–water partition coefficient (Wildman–Crippen LogP) is 5.22. The molecule has 0 aromatic heterocycles. The van der Waals surface area contributed by atoms with Crippen LogP contribution < -0.4 is 9.47 Å². The Kier molecular flexibility index (Phi) is 7.56. The predicted molar refractivity (Wildman–Crippen MR) is 128 cm³/mol. The van der Waals surface area contributed by atoms with Gasteiger partial charge in [0.1, 0.15) is 17.6 Å². The van der Waals surface area contributed by atoms with E-state index in [1.165, 1.54) is 25.7 Å². The molecule has 174 valence electrons. The van der Waals surface area contributed by atoms with E-state index in [9.17, 15) is 4.79 Å². The third kappa shape index (κ3) is 5.03. The van der Waals surface area contributed by atoms with Gasteiger partial charge in [0.15, 0.2) is 0 Å². The second kappa shape index (κ2) is 10.6. The first kappa shape index (κ1) is 22.9. The molecule has 2 fully saturated rings. The third-order valence-electron chi connectivity index (χ3n) is 7.36. The summed E-state index contributed by atoms with van der Waals surface area (Å²) >= 11 is 0. The fraction of sp³-hybridized carbons (Fsp3) is 0.593. The highest BCUT2D eigenvalue weighted by atomic mass is 16.5. The van der Waals surface area contributed by atoms with Crippen LogP contribution in [-0.4, -0.2) is 60.1 Å². The average molecular weight is 439 g/mol. The molecule has 2 atom stereocenters. The van der Waals surface area contributed by atoms with Gasteiger partial charge in [-0.1, -0.05) is 31.1 Å². The fourth-order valence-electron chi connectivity index (χ4n) is 5.58. The summed E-state index contributed by atoms with van der Waals surface area (Å²) in [6.07, 6.45) is 15.4. The number of nitrogens with zero attached hydrogens (tertiary/aromatic N) is 2. The SMILES string of the molecule is C=CC[C@@H]1CC=C[C@@H](C)N1C(=O)c1cc(OC)ccc1OC1CCN(C2CCCC2)CC1. The van der Waals surface area contributed by atoms with Crippen LogP contribution in [0.15, 0.2) is 43.0 Å². The van der Waals surface area contributed by atoms with Crippen molar-refractivity contribution in [1.29, 1.82) is 0 Å². The van der Waals surface area contributed by atoms with Crippen molar-refractivity contribution < 1.29 is 14.3 Å². The first-order valence-electron chi connectivity index (χ1n) is 12.3. The number of amides is 1. The summed E-state index contributed by atoms with van der Waals surface area (Å²) in [7, 11) is 1.63. The smallest absolute Gasteiger partial charge is 0.258 e. The molecule has 1 aromatic rings. The number of methoxy groups -OCH3 is 1. The number of hydrogen-bond donors (Lipinski definition) is 0. The number of likely N-dealkylation sites (tertiary alicyclic amines) is 1. The molecule has 0 N–H and O–H groups in total. The lowest BCUT2D eigenvalue weighted by Gasteiger charge is -2.38. The van der Waals surface area contributed by atoms with Crippen molar-refractivity contribution >= 4 is 5.91 Å². The van der Waals surface area contributed by atoms with Gasteiger partial charge < -0.3 is 19.3 Å². The van der Waals surface area contributed by atoms with E-state index in [1.54, 1.807) is 7.11 Å².